The van der Waals surface area contributed by atoms with Crippen LogP contribution in [0.4, 0.5) is 0 Å². The van der Waals surface area contributed by atoms with Crippen molar-refractivity contribution in [3.05, 3.63) is 59.1 Å². The minimum absolute atomic E-state index is 0. The van der Waals surface area contributed by atoms with Crippen molar-refractivity contribution in [2.45, 2.75) is 19.9 Å². The number of halogens is 2. The van der Waals surface area contributed by atoms with E-state index >= 15 is 0 Å². The van der Waals surface area contributed by atoms with E-state index in [1.165, 1.54) is 0 Å². The molecule has 0 spiro atoms. The Labute approximate surface area is 186 Å². The van der Waals surface area contributed by atoms with Crippen molar-refractivity contribution < 1.29 is 4.42 Å². The van der Waals surface area contributed by atoms with Crippen LogP contribution in [0, 0.1) is 0 Å². The van der Waals surface area contributed by atoms with E-state index < -0.39 is 0 Å². The fourth-order valence-electron chi connectivity index (χ4n) is 2.64. The maximum absolute atomic E-state index is 6.07. The van der Waals surface area contributed by atoms with Crippen LogP contribution in [0.3, 0.4) is 0 Å². The van der Waals surface area contributed by atoms with Gasteiger partial charge in [0.15, 0.2) is 11.7 Å². The number of hydrogen-bond acceptors (Lipinski definition) is 4. The Morgan fingerprint density at radius 2 is 2.18 bits per heavy atom. The van der Waals surface area contributed by atoms with E-state index in [0.717, 1.165) is 35.5 Å². The average molecular weight is 515 g/mol. The maximum atomic E-state index is 6.07. The van der Waals surface area contributed by atoms with Crippen molar-refractivity contribution in [3.8, 4) is 11.6 Å². The van der Waals surface area contributed by atoms with E-state index in [1.807, 2.05) is 37.4 Å². The van der Waals surface area contributed by atoms with Crippen LogP contribution in [-0.2, 0) is 13.0 Å². The lowest BCUT2D eigenvalue weighted by molar-refractivity contribution is 0.477. The van der Waals surface area contributed by atoms with Crippen molar-refractivity contribution in [3.63, 3.8) is 0 Å². The number of benzene rings is 1. The predicted octanol–water partition coefficient (Wildman–Crippen LogP) is 3.98. The zero-order chi connectivity index (χ0) is 19.1. The van der Waals surface area contributed by atoms with Crippen LogP contribution >= 0.6 is 35.6 Å². The molecule has 0 unspecified atom stereocenters. The van der Waals surface area contributed by atoms with Gasteiger partial charge in [0.05, 0.1) is 6.26 Å². The minimum atomic E-state index is 0. The molecule has 3 rings (SSSR count). The van der Waals surface area contributed by atoms with Gasteiger partial charge in [0.25, 0.3) is 0 Å². The van der Waals surface area contributed by atoms with E-state index in [4.69, 9.17) is 16.0 Å². The molecule has 2 heterocycles. The summed E-state index contributed by atoms with van der Waals surface area (Å²) in [7, 11) is 2.01. The van der Waals surface area contributed by atoms with Gasteiger partial charge in [-0.1, -0.05) is 23.7 Å². The summed E-state index contributed by atoms with van der Waals surface area (Å²) in [4.78, 5) is 11.2. The number of aromatic nitrogens is 3. The maximum Gasteiger partial charge on any atom is 0.216 e. The summed E-state index contributed by atoms with van der Waals surface area (Å²) in [5.41, 5.74) is 1.13. The molecule has 0 aliphatic heterocycles. The van der Waals surface area contributed by atoms with Gasteiger partial charge in [-0.25, -0.2) is 4.98 Å². The van der Waals surface area contributed by atoms with E-state index in [1.54, 1.807) is 6.26 Å². The number of nitrogens with one attached hydrogen (secondary N) is 2. The average Bonchev–Trinajstić information content (AvgIpc) is 3.32. The number of aromatic amines is 1. The number of furan rings is 1. The summed E-state index contributed by atoms with van der Waals surface area (Å²) in [6.07, 6.45) is 2.27. The lowest BCUT2D eigenvalue weighted by atomic mass is 10.2. The second-order valence-corrected chi connectivity index (χ2v) is 6.49. The number of hydrogen-bond donors (Lipinski definition) is 2. The van der Waals surface area contributed by atoms with Crippen LogP contribution in [0.2, 0.25) is 5.02 Å². The van der Waals surface area contributed by atoms with Gasteiger partial charge in [-0.15, -0.1) is 24.0 Å². The van der Waals surface area contributed by atoms with Crippen LogP contribution in [0.15, 0.2) is 52.1 Å². The van der Waals surface area contributed by atoms with Gasteiger partial charge >= 0.3 is 0 Å². The molecule has 0 aliphatic rings. The van der Waals surface area contributed by atoms with Crippen LogP contribution in [0.1, 0.15) is 18.3 Å². The molecule has 2 aromatic heterocycles. The highest BCUT2D eigenvalue weighted by atomic mass is 127. The number of rotatable bonds is 7. The van der Waals surface area contributed by atoms with Crippen molar-refractivity contribution in [2.75, 3.05) is 20.1 Å². The van der Waals surface area contributed by atoms with Gasteiger partial charge < -0.3 is 14.6 Å². The van der Waals surface area contributed by atoms with Crippen molar-refractivity contribution in [2.24, 2.45) is 4.99 Å². The second kappa shape index (κ2) is 11.1. The highest BCUT2D eigenvalue weighted by Crippen LogP contribution is 2.14. The van der Waals surface area contributed by atoms with Crippen LogP contribution in [-0.4, -0.2) is 46.2 Å². The fraction of sp³-hybridized carbons (Fsp3) is 0.316. The molecule has 1 aromatic carbocycles. The zero-order valence-corrected chi connectivity index (χ0v) is 18.9. The number of H-pyrrole nitrogens is 1. The highest BCUT2D eigenvalue weighted by molar-refractivity contribution is 14.0. The quantitative estimate of drug-likeness (QED) is 0.283. The predicted molar refractivity (Wildman–Crippen MR) is 122 cm³/mol. The SMILES string of the molecule is CCNC(=NCCc1nc(-c2ccco2)n[nH]1)N(C)Cc1cccc(Cl)c1.I. The molecule has 0 bridgehead atoms. The summed E-state index contributed by atoms with van der Waals surface area (Å²) >= 11 is 6.07. The molecule has 28 heavy (non-hydrogen) atoms. The molecule has 7 nitrogen and oxygen atoms in total. The summed E-state index contributed by atoms with van der Waals surface area (Å²) < 4.78 is 5.31. The van der Waals surface area contributed by atoms with Gasteiger partial charge in [-0.3, -0.25) is 10.1 Å². The molecule has 0 saturated heterocycles. The molecule has 3 aromatic rings. The van der Waals surface area contributed by atoms with Crippen LogP contribution < -0.4 is 5.32 Å². The molecule has 0 radical (unpaired) electrons. The molecule has 0 aliphatic carbocycles. The lowest BCUT2D eigenvalue weighted by Crippen LogP contribution is -2.38. The van der Waals surface area contributed by atoms with Gasteiger partial charge in [-0.05, 0) is 36.8 Å². The van der Waals surface area contributed by atoms with Crippen molar-refractivity contribution >= 4 is 41.5 Å². The second-order valence-electron chi connectivity index (χ2n) is 6.05. The third-order valence-electron chi connectivity index (χ3n) is 3.89. The highest BCUT2D eigenvalue weighted by Gasteiger charge is 2.09. The Kier molecular flexibility index (Phi) is 8.78. The third kappa shape index (κ3) is 6.23. The number of aliphatic imine (C=N–C) groups is 1. The van der Waals surface area contributed by atoms with Gasteiger partial charge in [0.1, 0.15) is 5.82 Å². The summed E-state index contributed by atoms with van der Waals surface area (Å²) in [5.74, 6) is 2.82. The molecule has 9 heteroatoms. The first-order chi connectivity index (χ1) is 13.2. The first kappa shape index (κ1) is 22.2. The van der Waals surface area contributed by atoms with E-state index in [-0.39, 0.29) is 24.0 Å². The van der Waals surface area contributed by atoms with Gasteiger partial charge in [0.2, 0.25) is 5.82 Å². The van der Waals surface area contributed by atoms with Gasteiger partial charge in [0, 0.05) is 38.1 Å². The van der Waals surface area contributed by atoms with E-state index in [9.17, 15) is 0 Å². The Hall–Kier alpha value is -2.07. The van der Waals surface area contributed by atoms with E-state index in [2.05, 4.69) is 43.4 Å². The molecule has 0 atom stereocenters. The molecule has 150 valence electrons. The fourth-order valence-corrected chi connectivity index (χ4v) is 2.86. The lowest BCUT2D eigenvalue weighted by Gasteiger charge is -2.22. The number of nitrogens with zero attached hydrogens (tertiary/aromatic N) is 4. The van der Waals surface area contributed by atoms with Crippen molar-refractivity contribution in [1.82, 2.24) is 25.4 Å². The van der Waals surface area contributed by atoms with E-state index in [0.29, 0.717) is 24.6 Å². The van der Waals surface area contributed by atoms with Crippen LogP contribution in [0.25, 0.3) is 11.6 Å². The normalized spacial score (nSPS) is 11.2. The standard InChI is InChI=1S/C19H23ClN6O.HI/c1-3-21-19(26(2)13-14-6-4-7-15(20)12-14)22-10-9-17-23-18(25-24-17)16-8-5-11-27-16;/h4-8,11-12H,3,9-10,13H2,1-2H3,(H,21,22)(H,23,24,25);1H. The molecule has 2 N–H and O–H groups in total. The first-order valence-corrected chi connectivity index (χ1v) is 9.22. The summed E-state index contributed by atoms with van der Waals surface area (Å²) in [6, 6.07) is 11.5. The topological polar surface area (TPSA) is 82.3 Å². The van der Waals surface area contributed by atoms with Crippen molar-refractivity contribution in [1.29, 1.82) is 0 Å². The Morgan fingerprint density at radius 3 is 2.89 bits per heavy atom. The Balaban J connectivity index is 0.00000280. The first-order valence-electron chi connectivity index (χ1n) is 8.84. The molecule has 0 fully saturated rings. The van der Waals surface area contributed by atoms with Crippen LogP contribution in [0.5, 0.6) is 0 Å². The number of guanidine groups is 1. The van der Waals surface area contributed by atoms with Gasteiger partial charge in [-0.2, -0.15) is 5.10 Å². The molecule has 0 saturated carbocycles. The zero-order valence-electron chi connectivity index (χ0n) is 15.9. The third-order valence-corrected chi connectivity index (χ3v) is 4.12. The Bertz CT molecular complexity index is 880. The molecular weight excluding hydrogens is 491 g/mol. The monoisotopic (exact) mass is 514 g/mol. The largest absolute Gasteiger partial charge is 0.461 e. The summed E-state index contributed by atoms with van der Waals surface area (Å²) in [6.45, 7) is 4.16. The molecular formula is C19H24ClIN6O. The smallest absolute Gasteiger partial charge is 0.216 e. The molecule has 0 amide bonds. The summed E-state index contributed by atoms with van der Waals surface area (Å²) in [5, 5.41) is 11.2. The Morgan fingerprint density at radius 1 is 1.32 bits per heavy atom. The minimum Gasteiger partial charge on any atom is -0.461 e.